The van der Waals surface area contributed by atoms with Gasteiger partial charge in [0.05, 0.1) is 15.2 Å². The van der Waals surface area contributed by atoms with Crippen molar-refractivity contribution in [1.29, 1.82) is 0 Å². The Hall–Kier alpha value is -2.20. The van der Waals surface area contributed by atoms with Crippen molar-refractivity contribution in [3.63, 3.8) is 0 Å². The predicted octanol–water partition coefficient (Wildman–Crippen LogP) is 3.71. The molecular formula is C24H27ClFN5O3S. The van der Waals surface area contributed by atoms with Crippen LogP contribution < -0.4 is 0 Å². The molecule has 8 nitrogen and oxygen atoms in total. The van der Waals surface area contributed by atoms with Crippen molar-refractivity contribution in [1.82, 2.24) is 25.0 Å². The fourth-order valence-corrected chi connectivity index (χ4v) is 9.30. The topological polar surface area (TPSA) is 99.3 Å². The van der Waals surface area contributed by atoms with E-state index in [-0.39, 0.29) is 26.8 Å². The standard InChI is InChI=1S/C24H27ClFN5O3S/c25-18-5-16(26)3-4-19(18)35(33,34)17-8-24(9-17)12-31(13-24)22(32)30-10-23(11-30)6-15(7-23)21-27-20(28-29-21)14-1-2-14/h3-5,14-15,17H,1-2,6-13H2,(H,27,28,29). The van der Waals surface area contributed by atoms with Crippen LogP contribution in [0.2, 0.25) is 5.02 Å². The first-order chi connectivity index (χ1) is 16.7. The molecule has 3 heterocycles. The summed E-state index contributed by atoms with van der Waals surface area (Å²) in [4.78, 5) is 20.1. The summed E-state index contributed by atoms with van der Waals surface area (Å²) < 4.78 is 39.2. The summed E-state index contributed by atoms with van der Waals surface area (Å²) in [6.45, 7) is 2.78. The van der Waals surface area contributed by atoms with E-state index in [0.29, 0.717) is 37.8 Å². The van der Waals surface area contributed by atoms with E-state index in [1.165, 1.54) is 18.9 Å². The zero-order valence-electron chi connectivity index (χ0n) is 19.2. The zero-order chi connectivity index (χ0) is 24.2. The Balaban J connectivity index is 0.891. The van der Waals surface area contributed by atoms with Gasteiger partial charge < -0.3 is 14.8 Å². The average molecular weight is 520 g/mol. The molecule has 2 aliphatic heterocycles. The fraction of sp³-hybridized carbons (Fsp3) is 0.625. The number of nitrogens with zero attached hydrogens (tertiary/aromatic N) is 4. The molecule has 186 valence electrons. The highest BCUT2D eigenvalue weighted by molar-refractivity contribution is 7.92. The highest BCUT2D eigenvalue weighted by atomic mass is 35.5. The number of hydrogen-bond acceptors (Lipinski definition) is 5. The average Bonchev–Trinajstić information content (AvgIpc) is 3.41. The molecule has 0 radical (unpaired) electrons. The Bertz CT molecular complexity index is 1310. The number of halogens is 2. The van der Waals surface area contributed by atoms with Crippen LogP contribution in [0.3, 0.4) is 0 Å². The van der Waals surface area contributed by atoms with Crippen molar-refractivity contribution in [2.45, 2.75) is 60.5 Å². The number of carbonyl (C=O) groups excluding carboxylic acids is 1. The highest BCUT2D eigenvalue weighted by Crippen LogP contribution is 2.57. The maximum Gasteiger partial charge on any atom is 0.320 e. The second-order valence-electron chi connectivity index (χ2n) is 11.6. The molecule has 3 saturated carbocycles. The number of benzene rings is 1. The Morgan fingerprint density at radius 2 is 1.54 bits per heavy atom. The maximum absolute atomic E-state index is 13.3. The first-order valence-electron chi connectivity index (χ1n) is 12.3. The second kappa shape index (κ2) is 7.18. The summed E-state index contributed by atoms with van der Waals surface area (Å²) in [5.41, 5.74) is 0.106. The van der Waals surface area contributed by atoms with Crippen LogP contribution in [-0.2, 0) is 9.84 Å². The van der Waals surface area contributed by atoms with E-state index in [1.54, 1.807) is 0 Å². The molecule has 2 aromatic rings. The molecule has 35 heavy (non-hydrogen) atoms. The number of aromatic amines is 1. The highest BCUT2D eigenvalue weighted by Gasteiger charge is 2.60. The normalized spacial score (nSPS) is 25.2. The monoisotopic (exact) mass is 519 g/mol. The van der Waals surface area contributed by atoms with Crippen LogP contribution in [0.4, 0.5) is 9.18 Å². The van der Waals surface area contributed by atoms with Gasteiger partial charge in [0.1, 0.15) is 17.5 Å². The van der Waals surface area contributed by atoms with Crippen molar-refractivity contribution in [3.8, 4) is 0 Å². The molecule has 3 aliphatic carbocycles. The zero-order valence-corrected chi connectivity index (χ0v) is 20.8. The first kappa shape index (κ1) is 22.0. The number of H-pyrrole nitrogens is 1. The summed E-state index contributed by atoms with van der Waals surface area (Å²) in [5.74, 6) is 2.48. The molecule has 0 bridgehead atoms. The van der Waals surface area contributed by atoms with Gasteiger partial charge in [-0.3, -0.25) is 0 Å². The molecule has 2 saturated heterocycles. The van der Waals surface area contributed by atoms with Gasteiger partial charge in [-0.1, -0.05) is 11.6 Å². The first-order valence-corrected chi connectivity index (χ1v) is 14.2. The van der Waals surface area contributed by atoms with Crippen LogP contribution in [0.25, 0.3) is 0 Å². The van der Waals surface area contributed by atoms with Gasteiger partial charge in [-0.05, 0) is 56.7 Å². The number of likely N-dealkylation sites (tertiary alicyclic amines) is 2. The van der Waals surface area contributed by atoms with Crippen molar-refractivity contribution >= 4 is 27.5 Å². The predicted molar refractivity (Wildman–Crippen MR) is 125 cm³/mol. The van der Waals surface area contributed by atoms with Gasteiger partial charge in [-0.2, -0.15) is 0 Å². The van der Waals surface area contributed by atoms with Crippen molar-refractivity contribution < 1.29 is 17.6 Å². The maximum atomic E-state index is 13.3. The molecule has 2 spiro atoms. The summed E-state index contributed by atoms with van der Waals surface area (Å²) in [7, 11) is -3.61. The van der Waals surface area contributed by atoms with Gasteiger partial charge in [0.25, 0.3) is 0 Å². The van der Waals surface area contributed by atoms with Gasteiger partial charge in [0, 0.05) is 48.8 Å². The molecule has 7 rings (SSSR count). The lowest BCUT2D eigenvalue weighted by molar-refractivity contribution is -0.0837. The van der Waals surface area contributed by atoms with E-state index in [4.69, 9.17) is 11.6 Å². The minimum atomic E-state index is -3.61. The Morgan fingerprint density at radius 1 is 0.971 bits per heavy atom. The largest absolute Gasteiger partial charge is 0.328 e. The van der Waals surface area contributed by atoms with Crippen molar-refractivity contribution in [2.24, 2.45) is 10.8 Å². The number of aromatic nitrogens is 3. The molecule has 1 aromatic carbocycles. The molecule has 1 aromatic heterocycles. The van der Waals surface area contributed by atoms with E-state index in [1.807, 2.05) is 9.80 Å². The van der Waals surface area contributed by atoms with Crippen LogP contribution in [0, 0.1) is 16.6 Å². The van der Waals surface area contributed by atoms with E-state index in [0.717, 1.165) is 49.7 Å². The number of urea groups is 1. The molecule has 5 aliphatic rings. The second-order valence-corrected chi connectivity index (χ2v) is 14.2. The fourth-order valence-electron chi connectivity index (χ4n) is 6.72. The minimum absolute atomic E-state index is 0.00792. The van der Waals surface area contributed by atoms with Gasteiger partial charge in [-0.15, -0.1) is 10.2 Å². The summed E-state index contributed by atoms with van der Waals surface area (Å²) >= 11 is 5.99. The van der Waals surface area contributed by atoms with Gasteiger partial charge in [0.15, 0.2) is 9.84 Å². The van der Waals surface area contributed by atoms with Crippen LogP contribution >= 0.6 is 11.6 Å². The number of amides is 2. The summed E-state index contributed by atoms with van der Waals surface area (Å²) in [6, 6.07) is 3.47. The Morgan fingerprint density at radius 3 is 2.11 bits per heavy atom. The van der Waals surface area contributed by atoms with Crippen LogP contribution in [-0.4, -0.2) is 70.9 Å². The molecule has 1 N–H and O–H groups in total. The van der Waals surface area contributed by atoms with Crippen molar-refractivity contribution in [3.05, 3.63) is 40.7 Å². The number of nitrogens with one attached hydrogen (secondary N) is 1. The quantitative estimate of drug-likeness (QED) is 0.621. The van der Waals surface area contributed by atoms with E-state index < -0.39 is 20.9 Å². The van der Waals surface area contributed by atoms with Crippen LogP contribution in [0.5, 0.6) is 0 Å². The number of sulfone groups is 1. The van der Waals surface area contributed by atoms with E-state index in [2.05, 4.69) is 15.2 Å². The molecule has 0 atom stereocenters. The lowest BCUT2D eigenvalue weighted by Gasteiger charge is -2.63. The van der Waals surface area contributed by atoms with Gasteiger partial charge in [0.2, 0.25) is 0 Å². The van der Waals surface area contributed by atoms with E-state index in [9.17, 15) is 17.6 Å². The van der Waals surface area contributed by atoms with E-state index >= 15 is 0 Å². The van der Waals surface area contributed by atoms with Gasteiger partial charge in [-0.25, -0.2) is 17.6 Å². The summed E-state index contributed by atoms with van der Waals surface area (Å²) in [5, 5.41) is 8.04. The lowest BCUT2D eigenvalue weighted by Crippen LogP contribution is -2.71. The number of rotatable bonds is 4. The Kier molecular flexibility index (Phi) is 4.52. The third kappa shape index (κ3) is 3.43. The smallest absolute Gasteiger partial charge is 0.320 e. The molecule has 11 heteroatoms. The van der Waals surface area contributed by atoms with Crippen LogP contribution in [0.1, 0.15) is 62.0 Å². The number of hydrogen-bond donors (Lipinski definition) is 1. The Labute approximate surface area is 208 Å². The molecule has 5 fully saturated rings. The molecule has 2 amide bonds. The lowest BCUT2D eigenvalue weighted by atomic mass is 9.57. The SMILES string of the molecule is O=C(N1CC2(CC(c3nnc(C4CC4)[nH]3)C2)C1)N1CC2(CC(S(=O)(=O)c3ccc(F)cc3Cl)C2)C1. The minimum Gasteiger partial charge on any atom is -0.328 e. The third-order valence-electron chi connectivity index (χ3n) is 8.84. The molecule has 0 unspecified atom stereocenters. The summed E-state index contributed by atoms with van der Waals surface area (Å²) in [6.07, 6.45) is 5.53. The third-order valence-corrected chi connectivity index (χ3v) is 11.4. The van der Waals surface area contributed by atoms with Crippen LogP contribution in [0.15, 0.2) is 23.1 Å². The number of carbonyl (C=O) groups is 1. The molecular weight excluding hydrogens is 493 g/mol. The van der Waals surface area contributed by atoms with Gasteiger partial charge >= 0.3 is 6.03 Å². The van der Waals surface area contributed by atoms with Crippen molar-refractivity contribution in [2.75, 3.05) is 26.2 Å².